The monoisotopic (exact) mass is 188 g/mol. The van der Waals surface area contributed by atoms with E-state index in [2.05, 4.69) is 4.74 Å². The summed E-state index contributed by atoms with van der Waals surface area (Å²) < 4.78 is 4.51. The van der Waals surface area contributed by atoms with Crippen molar-refractivity contribution >= 4 is 6.16 Å². The first kappa shape index (κ1) is 10.3. The molecular formula is C9H16O4. The molecule has 2 unspecified atom stereocenters. The van der Waals surface area contributed by atoms with Crippen LogP contribution < -0.4 is 0 Å². The molecule has 0 aromatic rings. The molecule has 1 saturated carbocycles. The first-order valence-electron chi connectivity index (χ1n) is 4.69. The molecule has 4 nitrogen and oxygen atoms in total. The molecular weight excluding hydrogens is 172 g/mol. The fourth-order valence-corrected chi connectivity index (χ4v) is 1.91. The Morgan fingerprint density at radius 1 is 1.38 bits per heavy atom. The van der Waals surface area contributed by atoms with Crippen molar-refractivity contribution in [3.8, 4) is 0 Å². The van der Waals surface area contributed by atoms with Gasteiger partial charge in [0.1, 0.15) is 0 Å². The van der Waals surface area contributed by atoms with Crippen LogP contribution in [0.15, 0.2) is 0 Å². The molecule has 13 heavy (non-hydrogen) atoms. The number of hydrogen-bond donors (Lipinski definition) is 2. The zero-order valence-corrected chi connectivity index (χ0v) is 7.61. The molecule has 0 aliphatic heterocycles. The fraction of sp³-hybridized carbons (Fsp3) is 0.889. The summed E-state index contributed by atoms with van der Waals surface area (Å²) in [7, 11) is 0. The van der Waals surface area contributed by atoms with E-state index >= 15 is 0 Å². The van der Waals surface area contributed by atoms with Crippen LogP contribution in [0.4, 0.5) is 4.79 Å². The van der Waals surface area contributed by atoms with Crippen molar-refractivity contribution in [1.82, 2.24) is 0 Å². The average Bonchev–Trinajstić information content (AvgIpc) is 2.15. The van der Waals surface area contributed by atoms with Gasteiger partial charge in [0.25, 0.3) is 0 Å². The second-order valence-electron chi connectivity index (χ2n) is 3.66. The zero-order chi connectivity index (χ0) is 9.68. The molecule has 4 heteroatoms. The van der Waals surface area contributed by atoms with Gasteiger partial charge in [-0.05, 0) is 31.1 Å². The molecule has 0 amide bonds. The Hall–Kier alpha value is -0.770. The van der Waals surface area contributed by atoms with Crippen LogP contribution in [-0.4, -0.2) is 29.6 Å². The van der Waals surface area contributed by atoms with Crippen LogP contribution >= 0.6 is 0 Å². The summed E-state index contributed by atoms with van der Waals surface area (Å²) in [5.74, 6) is 0.651. The second-order valence-corrected chi connectivity index (χ2v) is 3.66. The highest BCUT2D eigenvalue weighted by Crippen LogP contribution is 2.28. The van der Waals surface area contributed by atoms with Crippen molar-refractivity contribution in [2.45, 2.75) is 25.7 Å². The van der Waals surface area contributed by atoms with Crippen LogP contribution in [0.1, 0.15) is 25.7 Å². The third-order valence-corrected chi connectivity index (χ3v) is 2.59. The highest BCUT2D eigenvalue weighted by atomic mass is 16.7. The molecule has 0 bridgehead atoms. The lowest BCUT2D eigenvalue weighted by molar-refractivity contribution is 0.0588. The number of hydrogen-bond acceptors (Lipinski definition) is 3. The predicted molar refractivity (Wildman–Crippen MR) is 46.5 cm³/mol. The summed E-state index contributed by atoms with van der Waals surface area (Å²) in [6, 6.07) is 0. The lowest BCUT2D eigenvalue weighted by atomic mass is 9.82. The van der Waals surface area contributed by atoms with Crippen molar-refractivity contribution < 1.29 is 19.7 Å². The fourth-order valence-electron chi connectivity index (χ4n) is 1.91. The van der Waals surface area contributed by atoms with Crippen molar-refractivity contribution in [2.75, 3.05) is 13.2 Å². The Morgan fingerprint density at radius 3 is 2.69 bits per heavy atom. The molecule has 0 aromatic carbocycles. The number of aliphatic hydroxyl groups is 1. The Bertz CT molecular complexity index is 169. The van der Waals surface area contributed by atoms with E-state index in [1.807, 2.05) is 0 Å². The van der Waals surface area contributed by atoms with Crippen molar-refractivity contribution in [3.05, 3.63) is 0 Å². The second kappa shape index (κ2) is 5.07. The predicted octanol–water partition coefficient (Wildman–Crippen LogP) is 1.48. The van der Waals surface area contributed by atoms with Gasteiger partial charge in [0.15, 0.2) is 0 Å². The molecule has 2 N–H and O–H groups in total. The van der Waals surface area contributed by atoms with Crippen LogP contribution in [0.2, 0.25) is 0 Å². The Labute approximate surface area is 77.5 Å². The summed E-state index contributed by atoms with van der Waals surface area (Å²) in [6.45, 7) is 0.495. The summed E-state index contributed by atoms with van der Waals surface area (Å²) in [5, 5.41) is 17.2. The minimum absolute atomic E-state index is 0.212. The molecule has 1 aliphatic carbocycles. The van der Waals surface area contributed by atoms with Crippen molar-refractivity contribution in [1.29, 1.82) is 0 Å². The molecule has 1 fully saturated rings. The number of ether oxygens (including phenoxy) is 1. The van der Waals surface area contributed by atoms with Gasteiger partial charge in [-0.3, -0.25) is 0 Å². The highest BCUT2D eigenvalue weighted by Gasteiger charge is 2.22. The van der Waals surface area contributed by atoms with Crippen LogP contribution in [0.5, 0.6) is 0 Å². The first-order valence-corrected chi connectivity index (χ1v) is 4.69. The van der Waals surface area contributed by atoms with Crippen molar-refractivity contribution in [3.63, 3.8) is 0 Å². The Morgan fingerprint density at radius 2 is 2.08 bits per heavy atom. The minimum Gasteiger partial charge on any atom is -0.450 e. The zero-order valence-electron chi connectivity index (χ0n) is 7.61. The molecule has 2 atom stereocenters. The molecule has 0 heterocycles. The number of rotatable bonds is 3. The average molecular weight is 188 g/mol. The van der Waals surface area contributed by atoms with E-state index in [1.54, 1.807) is 0 Å². The summed E-state index contributed by atoms with van der Waals surface area (Å²) in [6.07, 6.45) is 2.83. The van der Waals surface area contributed by atoms with E-state index in [4.69, 9.17) is 10.2 Å². The van der Waals surface area contributed by atoms with E-state index < -0.39 is 6.16 Å². The molecule has 1 aliphatic rings. The normalized spacial score (nSPS) is 28.4. The van der Waals surface area contributed by atoms with Gasteiger partial charge in [0, 0.05) is 6.61 Å². The maximum atomic E-state index is 10.1. The van der Waals surface area contributed by atoms with Crippen LogP contribution in [0, 0.1) is 11.8 Å². The molecule has 76 valence electrons. The van der Waals surface area contributed by atoms with E-state index in [-0.39, 0.29) is 13.2 Å². The lowest BCUT2D eigenvalue weighted by Gasteiger charge is -2.26. The minimum atomic E-state index is -1.20. The molecule has 0 spiro atoms. The van der Waals surface area contributed by atoms with Crippen LogP contribution in [0.25, 0.3) is 0 Å². The SMILES string of the molecule is O=C(O)OCC1CCCC(CO)C1. The maximum Gasteiger partial charge on any atom is 0.505 e. The van der Waals surface area contributed by atoms with Gasteiger partial charge in [0.2, 0.25) is 0 Å². The van der Waals surface area contributed by atoms with Gasteiger partial charge >= 0.3 is 6.16 Å². The third-order valence-electron chi connectivity index (χ3n) is 2.59. The van der Waals surface area contributed by atoms with E-state index in [1.165, 1.54) is 0 Å². The molecule has 0 radical (unpaired) electrons. The summed E-state index contributed by atoms with van der Waals surface area (Å²) in [5.41, 5.74) is 0. The maximum absolute atomic E-state index is 10.1. The topological polar surface area (TPSA) is 66.8 Å². The Kier molecular flexibility index (Phi) is 4.02. The van der Waals surface area contributed by atoms with Gasteiger partial charge in [-0.2, -0.15) is 0 Å². The lowest BCUT2D eigenvalue weighted by Crippen LogP contribution is -2.22. The van der Waals surface area contributed by atoms with E-state index in [9.17, 15) is 4.79 Å². The standard InChI is InChI=1S/C9H16O4/c10-5-7-2-1-3-8(4-7)6-13-9(11)12/h7-8,10H,1-6H2,(H,11,12). The Balaban J connectivity index is 2.21. The van der Waals surface area contributed by atoms with Gasteiger partial charge in [-0.1, -0.05) is 6.42 Å². The van der Waals surface area contributed by atoms with Gasteiger partial charge in [0.05, 0.1) is 6.61 Å². The van der Waals surface area contributed by atoms with Crippen molar-refractivity contribution in [2.24, 2.45) is 11.8 Å². The summed E-state index contributed by atoms with van der Waals surface area (Å²) in [4.78, 5) is 10.1. The number of carbonyl (C=O) groups is 1. The van der Waals surface area contributed by atoms with Crippen LogP contribution in [-0.2, 0) is 4.74 Å². The van der Waals surface area contributed by atoms with Gasteiger partial charge in [-0.15, -0.1) is 0 Å². The quantitative estimate of drug-likeness (QED) is 0.658. The molecule has 0 saturated heterocycles. The van der Waals surface area contributed by atoms with Gasteiger partial charge < -0.3 is 14.9 Å². The highest BCUT2D eigenvalue weighted by molar-refractivity contribution is 5.56. The van der Waals surface area contributed by atoms with Gasteiger partial charge in [-0.25, -0.2) is 4.79 Å². The van der Waals surface area contributed by atoms with E-state index in [0.29, 0.717) is 11.8 Å². The molecule has 1 rings (SSSR count). The van der Waals surface area contributed by atoms with E-state index in [0.717, 1.165) is 25.7 Å². The number of carboxylic acid groups (broad SMARTS) is 1. The van der Waals surface area contributed by atoms with Crippen LogP contribution in [0.3, 0.4) is 0 Å². The first-order chi connectivity index (χ1) is 6.22. The largest absolute Gasteiger partial charge is 0.505 e. The molecule has 0 aromatic heterocycles. The summed E-state index contributed by atoms with van der Waals surface area (Å²) >= 11 is 0. The third kappa shape index (κ3) is 3.63. The number of aliphatic hydroxyl groups excluding tert-OH is 1. The smallest absolute Gasteiger partial charge is 0.450 e.